The molecule has 16 heavy (non-hydrogen) atoms. The Morgan fingerprint density at radius 1 is 1.44 bits per heavy atom. The number of fused-ring (bicyclic) bond motifs is 1. The lowest BCUT2D eigenvalue weighted by atomic mass is 9.77. The number of nitrogens with zero attached hydrogens (tertiary/aromatic N) is 1. The molecule has 0 aliphatic carbocycles. The predicted octanol–water partition coefficient (Wildman–Crippen LogP) is -0.0883. The molecule has 0 bridgehead atoms. The van der Waals surface area contributed by atoms with Gasteiger partial charge in [0.15, 0.2) is 0 Å². The lowest BCUT2D eigenvalue weighted by Crippen LogP contribution is -2.63. The van der Waals surface area contributed by atoms with E-state index in [2.05, 4.69) is 15.7 Å². The van der Waals surface area contributed by atoms with E-state index < -0.39 is 6.17 Å². The van der Waals surface area contributed by atoms with Crippen molar-refractivity contribution in [3.05, 3.63) is 0 Å². The molecule has 3 fully saturated rings. The summed E-state index contributed by atoms with van der Waals surface area (Å²) in [6.45, 7) is 3.28. The minimum Gasteiger partial charge on any atom is -0.314 e. The van der Waals surface area contributed by atoms with Crippen LogP contribution >= 0.6 is 0 Å². The van der Waals surface area contributed by atoms with Gasteiger partial charge in [-0.05, 0) is 19.9 Å². The van der Waals surface area contributed by atoms with Crippen LogP contribution in [0.1, 0.15) is 12.8 Å². The molecule has 0 spiro atoms. The van der Waals surface area contributed by atoms with Crippen LogP contribution in [0.25, 0.3) is 0 Å². The summed E-state index contributed by atoms with van der Waals surface area (Å²) in [6, 6.07) is 0.391. The summed E-state index contributed by atoms with van der Waals surface area (Å²) in [7, 11) is 2.03. The number of hydrogen-bond acceptors (Lipinski definition) is 4. The van der Waals surface area contributed by atoms with Crippen LogP contribution in [0.3, 0.4) is 0 Å². The molecule has 3 aliphatic heterocycles. The fraction of sp³-hybridized carbons (Fsp3) is 1.00. The van der Waals surface area contributed by atoms with Crippen LogP contribution in [0, 0.1) is 5.92 Å². The first-order valence-electron chi connectivity index (χ1n) is 6.16. The van der Waals surface area contributed by atoms with Gasteiger partial charge in [-0.25, -0.2) is 4.39 Å². The Kier molecular flexibility index (Phi) is 2.66. The second-order valence-electron chi connectivity index (χ2n) is 5.41. The van der Waals surface area contributed by atoms with Crippen molar-refractivity contribution in [1.29, 1.82) is 0 Å². The molecule has 5 heteroatoms. The number of hydroxylamine groups is 1. The maximum Gasteiger partial charge on any atom is 0.113 e. The van der Waals surface area contributed by atoms with Crippen LogP contribution in [0.2, 0.25) is 0 Å². The fourth-order valence-electron chi connectivity index (χ4n) is 3.58. The van der Waals surface area contributed by atoms with E-state index in [1.807, 2.05) is 7.05 Å². The molecule has 4 nitrogen and oxygen atoms in total. The number of likely N-dealkylation sites (N-methyl/N-ethyl adjacent to an activating group) is 1. The normalized spacial score (nSPS) is 49.5. The molecule has 92 valence electrons. The highest BCUT2D eigenvalue weighted by atomic mass is 19.1. The number of alkyl halides is 1. The Balaban J connectivity index is 1.80. The second-order valence-corrected chi connectivity index (χ2v) is 5.41. The van der Waals surface area contributed by atoms with Crippen LogP contribution in [0.15, 0.2) is 0 Å². The number of rotatable bonds is 1. The molecule has 0 radical (unpaired) electrons. The van der Waals surface area contributed by atoms with Crippen molar-refractivity contribution >= 4 is 0 Å². The largest absolute Gasteiger partial charge is 0.314 e. The van der Waals surface area contributed by atoms with E-state index >= 15 is 0 Å². The minimum absolute atomic E-state index is 0.00882. The van der Waals surface area contributed by atoms with Gasteiger partial charge in [-0.1, -0.05) is 0 Å². The summed E-state index contributed by atoms with van der Waals surface area (Å²) in [5.74, 6) is 0.524. The first-order valence-corrected chi connectivity index (χ1v) is 6.16. The minimum atomic E-state index is -0.659. The SMILES string of the molecule is CN1CC(F)CCC1C12CNCC1CON2. The Hall–Kier alpha value is -0.230. The standard InChI is InChI=1S/C11H20FN3O/c1-15-5-9(12)2-3-10(15)11-7-13-4-8(11)6-16-14-11/h8-10,13-14H,2-7H2,1H3. The number of nitrogens with one attached hydrogen (secondary N) is 2. The van der Waals surface area contributed by atoms with Gasteiger partial charge in [0, 0.05) is 31.6 Å². The highest BCUT2D eigenvalue weighted by Gasteiger charge is 2.54. The smallest absolute Gasteiger partial charge is 0.113 e. The molecule has 3 saturated heterocycles. The summed E-state index contributed by atoms with van der Waals surface area (Å²) in [5.41, 5.74) is 3.23. The molecule has 3 aliphatic rings. The van der Waals surface area contributed by atoms with Crippen molar-refractivity contribution < 1.29 is 9.23 Å². The van der Waals surface area contributed by atoms with E-state index in [0.29, 0.717) is 24.9 Å². The Morgan fingerprint density at radius 3 is 3.12 bits per heavy atom. The molecular weight excluding hydrogens is 209 g/mol. The van der Waals surface area contributed by atoms with Crippen molar-refractivity contribution in [3.63, 3.8) is 0 Å². The fourth-order valence-corrected chi connectivity index (χ4v) is 3.58. The number of halogens is 1. The topological polar surface area (TPSA) is 36.5 Å². The monoisotopic (exact) mass is 229 g/mol. The average Bonchev–Trinajstić information content (AvgIpc) is 2.75. The van der Waals surface area contributed by atoms with Gasteiger partial charge in [0.2, 0.25) is 0 Å². The van der Waals surface area contributed by atoms with Gasteiger partial charge in [-0.15, -0.1) is 0 Å². The summed E-state index contributed by atoms with van der Waals surface area (Å²) in [5, 5.41) is 3.43. The molecule has 0 aromatic heterocycles. The highest BCUT2D eigenvalue weighted by Crippen LogP contribution is 2.37. The highest BCUT2D eigenvalue weighted by molar-refractivity contribution is 5.11. The Morgan fingerprint density at radius 2 is 2.31 bits per heavy atom. The zero-order valence-electron chi connectivity index (χ0n) is 9.71. The van der Waals surface area contributed by atoms with Crippen molar-refractivity contribution in [1.82, 2.24) is 15.7 Å². The third-order valence-electron chi connectivity index (χ3n) is 4.45. The van der Waals surface area contributed by atoms with Crippen molar-refractivity contribution in [3.8, 4) is 0 Å². The molecule has 0 aromatic rings. The van der Waals surface area contributed by atoms with Crippen LogP contribution < -0.4 is 10.8 Å². The predicted molar refractivity (Wildman–Crippen MR) is 58.7 cm³/mol. The number of hydrogen-bond donors (Lipinski definition) is 2. The van der Waals surface area contributed by atoms with Gasteiger partial charge in [0.1, 0.15) is 6.17 Å². The van der Waals surface area contributed by atoms with Gasteiger partial charge < -0.3 is 10.2 Å². The molecule has 3 rings (SSSR count). The van der Waals surface area contributed by atoms with Gasteiger partial charge in [-0.3, -0.25) is 4.90 Å². The van der Waals surface area contributed by atoms with Crippen molar-refractivity contribution in [2.45, 2.75) is 30.6 Å². The number of piperidine rings is 1. The molecule has 0 aromatic carbocycles. The first kappa shape index (κ1) is 10.9. The molecule has 2 N–H and O–H groups in total. The zero-order valence-corrected chi connectivity index (χ0v) is 9.71. The van der Waals surface area contributed by atoms with Crippen molar-refractivity contribution in [2.24, 2.45) is 5.92 Å². The quantitative estimate of drug-likeness (QED) is 0.659. The van der Waals surface area contributed by atoms with Gasteiger partial charge in [0.25, 0.3) is 0 Å². The Bertz CT molecular complexity index is 266. The van der Waals surface area contributed by atoms with Gasteiger partial charge in [0.05, 0.1) is 12.1 Å². The lowest BCUT2D eigenvalue weighted by Gasteiger charge is -2.44. The van der Waals surface area contributed by atoms with Crippen LogP contribution in [0.5, 0.6) is 0 Å². The average molecular weight is 229 g/mol. The van der Waals surface area contributed by atoms with Crippen molar-refractivity contribution in [2.75, 3.05) is 33.3 Å². The third-order valence-corrected chi connectivity index (χ3v) is 4.45. The summed E-state index contributed by atoms with van der Waals surface area (Å²) < 4.78 is 13.3. The van der Waals surface area contributed by atoms with E-state index in [4.69, 9.17) is 4.84 Å². The van der Waals surface area contributed by atoms with E-state index in [0.717, 1.165) is 26.1 Å². The van der Waals surface area contributed by atoms with E-state index in [1.165, 1.54) is 0 Å². The van der Waals surface area contributed by atoms with Crippen LogP contribution in [0.4, 0.5) is 4.39 Å². The summed E-state index contributed by atoms with van der Waals surface area (Å²) in [4.78, 5) is 7.60. The lowest BCUT2D eigenvalue weighted by molar-refractivity contribution is -0.000213. The Labute approximate surface area is 95.5 Å². The molecule has 0 saturated carbocycles. The van der Waals surface area contributed by atoms with E-state index in [9.17, 15) is 4.39 Å². The number of likely N-dealkylation sites (tertiary alicyclic amines) is 1. The molecule has 4 atom stereocenters. The van der Waals surface area contributed by atoms with E-state index in [-0.39, 0.29) is 5.54 Å². The maximum atomic E-state index is 13.3. The van der Waals surface area contributed by atoms with Crippen LogP contribution in [-0.2, 0) is 4.84 Å². The van der Waals surface area contributed by atoms with Crippen LogP contribution in [-0.4, -0.2) is 55.9 Å². The second kappa shape index (κ2) is 3.91. The molecule has 3 heterocycles. The molecular formula is C11H20FN3O. The van der Waals surface area contributed by atoms with Gasteiger partial charge in [-0.2, -0.15) is 5.48 Å². The summed E-state index contributed by atoms with van der Waals surface area (Å²) in [6.07, 6.45) is 0.949. The maximum absolute atomic E-state index is 13.3. The van der Waals surface area contributed by atoms with E-state index in [1.54, 1.807) is 0 Å². The molecule has 0 amide bonds. The molecule has 4 unspecified atom stereocenters. The third kappa shape index (κ3) is 1.49. The first-order chi connectivity index (χ1) is 7.72. The van der Waals surface area contributed by atoms with Gasteiger partial charge >= 0.3 is 0 Å². The zero-order chi connectivity index (χ0) is 11.2. The summed E-state index contributed by atoms with van der Waals surface area (Å²) >= 11 is 0.